The number of likely N-dealkylation sites (N-methyl/N-ethyl adjacent to an activating group) is 1. The van der Waals surface area contributed by atoms with E-state index in [0.29, 0.717) is 25.4 Å². The van der Waals surface area contributed by atoms with E-state index in [1.54, 1.807) is 25.2 Å². The zero-order valence-electron chi connectivity index (χ0n) is 17.6. The van der Waals surface area contributed by atoms with Crippen molar-refractivity contribution in [3.63, 3.8) is 0 Å². The minimum absolute atomic E-state index is 0.0335. The molecule has 1 saturated heterocycles. The van der Waals surface area contributed by atoms with Gasteiger partial charge in [0.2, 0.25) is 11.8 Å². The molecule has 2 aliphatic rings. The lowest BCUT2D eigenvalue weighted by atomic mass is 9.88. The third kappa shape index (κ3) is 3.18. The molecule has 0 N–H and O–H groups in total. The maximum absolute atomic E-state index is 12.8. The number of rotatable bonds is 4. The predicted octanol–water partition coefficient (Wildman–Crippen LogP) is 2.25. The van der Waals surface area contributed by atoms with Gasteiger partial charge in [-0.25, -0.2) is 4.98 Å². The maximum Gasteiger partial charge on any atom is 0.241 e. The Morgan fingerprint density at radius 2 is 2.03 bits per heavy atom. The molecule has 0 unspecified atom stereocenters. The van der Waals surface area contributed by atoms with Crippen LogP contribution in [-0.2, 0) is 15.1 Å². The summed E-state index contributed by atoms with van der Waals surface area (Å²) in [6, 6.07) is 8.05. The van der Waals surface area contributed by atoms with Gasteiger partial charge in [0, 0.05) is 46.0 Å². The van der Waals surface area contributed by atoms with Crippen LogP contribution in [0, 0.1) is 5.92 Å². The number of amides is 2. The summed E-state index contributed by atoms with van der Waals surface area (Å²) in [5, 5.41) is 0. The van der Waals surface area contributed by atoms with Crippen molar-refractivity contribution in [2.45, 2.75) is 32.2 Å². The summed E-state index contributed by atoms with van der Waals surface area (Å²) >= 11 is 0. The average Bonchev–Trinajstić information content (AvgIpc) is 3.33. The van der Waals surface area contributed by atoms with E-state index in [0.717, 1.165) is 23.6 Å². The van der Waals surface area contributed by atoms with Gasteiger partial charge in [-0.2, -0.15) is 0 Å². The van der Waals surface area contributed by atoms with Crippen molar-refractivity contribution in [3.05, 3.63) is 42.4 Å². The van der Waals surface area contributed by atoms with E-state index in [2.05, 4.69) is 34.4 Å². The van der Waals surface area contributed by atoms with Crippen LogP contribution in [0.5, 0.6) is 0 Å². The SMILES string of the molecule is CC(C)CC(=O)N1CC[C@@]2(C1)c1cccn1-c1ncccc1N2CC(=O)N(C)C. The minimum Gasteiger partial charge on any atom is -0.347 e. The van der Waals surface area contributed by atoms with Crippen molar-refractivity contribution < 1.29 is 9.59 Å². The zero-order chi connectivity index (χ0) is 20.8. The lowest BCUT2D eigenvalue weighted by Gasteiger charge is -2.47. The highest BCUT2D eigenvalue weighted by molar-refractivity contribution is 5.84. The Balaban J connectivity index is 1.79. The van der Waals surface area contributed by atoms with Crippen LogP contribution in [0.3, 0.4) is 0 Å². The van der Waals surface area contributed by atoms with Crippen molar-refractivity contribution in [1.82, 2.24) is 19.4 Å². The number of carbonyl (C=O) groups excluding carboxylic acids is 2. The second kappa shape index (κ2) is 7.21. The van der Waals surface area contributed by atoms with Crippen LogP contribution in [0.1, 0.15) is 32.4 Å². The summed E-state index contributed by atoms with van der Waals surface area (Å²) in [7, 11) is 3.55. The zero-order valence-corrected chi connectivity index (χ0v) is 17.6. The molecule has 1 atom stereocenters. The van der Waals surface area contributed by atoms with E-state index in [1.165, 1.54) is 0 Å². The first kappa shape index (κ1) is 19.5. The molecule has 0 aliphatic carbocycles. The first-order valence-electron chi connectivity index (χ1n) is 10.2. The molecule has 7 heteroatoms. The number of fused-ring (bicyclic) bond motifs is 4. The third-order valence-corrected chi connectivity index (χ3v) is 6.00. The van der Waals surface area contributed by atoms with E-state index in [-0.39, 0.29) is 18.4 Å². The van der Waals surface area contributed by atoms with Gasteiger partial charge in [-0.05, 0) is 36.6 Å². The van der Waals surface area contributed by atoms with Gasteiger partial charge in [-0.3, -0.25) is 9.59 Å². The monoisotopic (exact) mass is 395 g/mol. The molecule has 2 amide bonds. The van der Waals surface area contributed by atoms with Crippen LogP contribution in [0.4, 0.5) is 5.69 Å². The van der Waals surface area contributed by atoms with E-state index < -0.39 is 5.54 Å². The molecule has 2 aromatic heterocycles. The molecule has 154 valence electrons. The molecule has 4 heterocycles. The van der Waals surface area contributed by atoms with E-state index in [4.69, 9.17) is 0 Å². The normalized spacial score (nSPS) is 20.2. The second-order valence-corrected chi connectivity index (χ2v) is 8.68. The Labute approximate surface area is 171 Å². The Bertz CT molecular complexity index is 935. The fourth-order valence-electron chi connectivity index (χ4n) is 4.53. The summed E-state index contributed by atoms with van der Waals surface area (Å²) in [4.78, 5) is 35.9. The number of aromatic nitrogens is 2. The van der Waals surface area contributed by atoms with Gasteiger partial charge in [0.1, 0.15) is 5.54 Å². The molecular weight excluding hydrogens is 366 g/mol. The lowest BCUT2D eigenvalue weighted by Crippen LogP contribution is -2.55. The van der Waals surface area contributed by atoms with Crippen LogP contribution in [-0.4, -0.2) is 64.9 Å². The Hall–Kier alpha value is -2.83. The molecular formula is C22H29N5O2. The van der Waals surface area contributed by atoms with Gasteiger partial charge in [-0.1, -0.05) is 13.8 Å². The number of hydrogen-bond donors (Lipinski definition) is 0. The molecule has 1 fully saturated rings. The molecule has 0 aromatic carbocycles. The van der Waals surface area contributed by atoms with Crippen molar-refractivity contribution >= 4 is 17.5 Å². The smallest absolute Gasteiger partial charge is 0.241 e. The van der Waals surface area contributed by atoms with Crippen molar-refractivity contribution in [3.8, 4) is 5.82 Å². The summed E-state index contributed by atoms with van der Waals surface area (Å²) in [5.41, 5.74) is 1.59. The number of likely N-dealkylation sites (tertiary alicyclic amines) is 1. The molecule has 2 aromatic rings. The molecule has 1 spiro atoms. The lowest BCUT2D eigenvalue weighted by molar-refractivity contribution is -0.131. The van der Waals surface area contributed by atoms with Crippen molar-refractivity contribution in [2.75, 3.05) is 38.6 Å². The van der Waals surface area contributed by atoms with Gasteiger partial charge in [0.25, 0.3) is 0 Å². The molecule has 7 nitrogen and oxygen atoms in total. The van der Waals surface area contributed by atoms with Gasteiger partial charge in [0.05, 0.1) is 17.9 Å². The topological polar surface area (TPSA) is 61.7 Å². The largest absolute Gasteiger partial charge is 0.347 e. The van der Waals surface area contributed by atoms with E-state index >= 15 is 0 Å². The van der Waals surface area contributed by atoms with Crippen LogP contribution < -0.4 is 4.90 Å². The van der Waals surface area contributed by atoms with Crippen LogP contribution in [0.2, 0.25) is 0 Å². The molecule has 0 saturated carbocycles. The van der Waals surface area contributed by atoms with Crippen molar-refractivity contribution in [1.29, 1.82) is 0 Å². The average molecular weight is 396 g/mol. The van der Waals surface area contributed by atoms with E-state index in [1.807, 2.05) is 29.3 Å². The summed E-state index contributed by atoms with van der Waals surface area (Å²) in [6.45, 7) is 5.67. The van der Waals surface area contributed by atoms with Crippen LogP contribution in [0.15, 0.2) is 36.7 Å². The van der Waals surface area contributed by atoms with Gasteiger partial charge < -0.3 is 19.3 Å². The second-order valence-electron chi connectivity index (χ2n) is 8.68. The Morgan fingerprint density at radius 1 is 1.24 bits per heavy atom. The number of hydrogen-bond acceptors (Lipinski definition) is 4. The van der Waals surface area contributed by atoms with E-state index in [9.17, 15) is 9.59 Å². The Kier molecular flexibility index (Phi) is 4.84. The molecule has 2 aliphatic heterocycles. The minimum atomic E-state index is -0.433. The van der Waals surface area contributed by atoms with Crippen LogP contribution >= 0.6 is 0 Å². The molecule has 29 heavy (non-hydrogen) atoms. The van der Waals surface area contributed by atoms with Crippen LogP contribution in [0.25, 0.3) is 5.82 Å². The molecule has 0 bridgehead atoms. The fraction of sp³-hybridized carbons (Fsp3) is 0.500. The van der Waals surface area contributed by atoms with Gasteiger partial charge in [0.15, 0.2) is 5.82 Å². The Morgan fingerprint density at radius 3 is 2.76 bits per heavy atom. The highest BCUT2D eigenvalue weighted by atomic mass is 16.2. The maximum atomic E-state index is 12.8. The van der Waals surface area contributed by atoms with Gasteiger partial charge >= 0.3 is 0 Å². The number of carbonyl (C=O) groups is 2. The molecule has 4 rings (SSSR count). The molecule has 0 radical (unpaired) electrons. The number of anilines is 1. The fourth-order valence-corrected chi connectivity index (χ4v) is 4.53. The summed E-state index contributed by atoms with van der Waals surface area (Å²) < 4.78 is 2.11. The first-order chi connectivity index (χ1) is 13.8. The quantitative estimate of drug-likeness (QED) is 0.797. The predicted molar refractivity (Wildman–Crippen MR) is 112 cm³/mol. The highest BCUT2D eigenvalue weighted by Crippen LogP contribution is 2.47. The number of nitrogens with zero attached hydrogens (tertiary/aromatic N) is 5. The van der Waals surface area contributed by atoms with Gasteiger partial charge in [-0.15, -0.1) is 0 Å². The van der Waals surface area contributed by atoms with Crippen molar-refractivity contribution in [2.24, 2.45) is 5.92 Å². The first-order valence-corrected chi connectivity index (χ1v) is 10.2. The third-order valence-electron chi connectivity index (χ3n) is 6.00. The number of pyridine rings is 1. The summed E-state index contributed by atoms with van der Waals surface area (Å²) in [5.74, 6) is 1.37. The standard InChI is InChI=1S/C22H29N5O2/c1-16(2)13-19(28)25-12-9-22(15-25)18-8-6-11-26(18)21-17(7-5-10-23-21)27(22)14-20(29)24(3)4/h5-8,10-11,16H,9,12-15H2,1-4H3/t22-/m1/s1. The summed E-state index contributed by atoms with van der Waals surface area (Å²) in [6.07, 6.45) is 5.13. The highest BCUT2D eigenvalue weighted by Gasteiger charge is 2.51.